The summed E-state index contributed by atoms with van der Waals surface area (Å²) in [6, 6.07) is 46.2. The number of fused-ring (bicyclic) bond motifs is 3. The van der Waals surface area contributed by atoms with Gasteiger partial charge in [-0.1, -0.05) is 122 Å². The lowest BCUT2D eigenvalue weighted by Crippen LogP contribution is -2.16. The monoisotopic (exact) mass is 855 g/mol. The molecule has 0 aliphatic carbocycles. The largest absolute Gasteiger partial charge is 0.365 e. The normalized spacial score (nSPS) is 11.5. The molecule has 8 nitrogen and oxygen atoms in total. The summed E-state index contributed by atoms with van der Waals surface area (Å²) in [6.45, 7) is 14.5. The van der Waals surface area contributed by atoms with E-state index in [0.717, 1.165) is 86.2 Å². The van der Waals surface area contributed by atoms with Gasteiger partial charge in [0, 0.05) is 54.8 Å². The average Bonchev–Trinajstić information content (AvgIpc) is 3.63. The first-order valence-corrected chi connectivity index (χ1v) is 22.1. The molecule has 0 unspecified atom stereocenters. The number of aromatic nitrogens is 1. The summed E-state index contributed by atoms with van der Waals surface area (Å²) in [5.41, 5.74) is 7.61. The van der Waals surface area contributed by atoms with E-state index in [1.54, 1.807) is 55.1 Å². The third-order valence-corrected chi connectivity index (χ3v) is 11.5. The zero-order chi connectivity index (χ0) is 44.7. The summed E-state index contributed by atoms with van der Waals surface area (Å²) in [5.74, 6) is -0.193. The molecule has 1 aromatic heterocycles. The Balaban J connectivity index is 0.000000210. The number of aryl methyl sites for hydroxylation is 2. The number of carbonyl (C=O) groups is 3. The van der Waals surface area contributed by atoms with E-state index in [0.29, 0.717) is 28.9 Å². The fraction of sp³-hybridized carbons (Fsp3) is 0.204. The molecular formula is C54H53N3O5S. The number of hydrogen-bond acceptors (Lipinski definition) is 8. The van der Waals surface area contributed by atoms with E-state index >= 15 is 0 Å². The second kappa shape index (κ2) is 22.3. The summed E-state index contributed by atoms with van der Waals surface area (Å²) in [7, 11) is 0. The predicted molar refractivity (Wildman–Crippen MR) is 257 cm³/mol. The molecule has 0 N–H and O–H groups in total. The molecule has 0 fully saturated rings. The van der Waals surface area contributed by atoms with Gasteiger partial charge in [-0.15, -0.1) is 0 Å². The Morgan fingerprint density at radius 1 is 0.619 bits per heavy atom. The van der Waals surface area contributed by atoms with Gasteiger partial charge in [-0.05, 0) is 131 Å². The number of carbonyl (C=O) groups excluding carboxylic acids is 3. The highest BCUT2D eigenvalue weighted by atomic mass is 32.2. The molecule has 0 saturated carbocycles. The quantitative estimate of drug-likeness (QED) is 0.0226. The maximum Gasteiger partial charge on any atom is 0.365 e. The summed E-state index contributed by atoms with van der Waals surface area (Å²) in [4.78, 5) is 51.1. The van der Waals surface area contributed by atoms with Crippen molar-refractivity contribution in [3.8, 4) is 0 Å². The SMILES string of the molecule is C=C(C)O/N=C(/C)c1ccc2c(c1)c1cc(C(=O)c3ccccc3C)ccc1n2CC.CCCCCC/C(=N/OC(=O)c1ccccc1)C(=O)c1ccc(Sc2ccccc2)cc1. The summed E-state index contributed by atoms with van der Waals surface area (Å²) in [5, 5.41) is 10.3. The fourth-order valence-corrected chi connectivity index (χ4v) is 7.94. The molecule has 0 radical (unpaired) electrons. The van der Waals surface area contributed by atoms with Gasteiger partial charge in [0.1, 0.15) is 11.5 Å². The van der Waals surface area contributed by atoms with Crippen molar-refractivity contribution in [1.82, 2.24) is 4.57 Å². The van der Waals surface area contributed by atoms with Crippen molar-refractivity contribution in [2.75, 3.05) is 0 Å². The van der Waals surface area contributed by atoms with Crippen molar-refractivity contribution in [3.63, 3.8) is 0 Å². The lowest BCUT2D eigenvalue weighted by molar-refractivity contribution is 0.0514. The smallest absolute Gasteiger partial charge is 0.362 e. The zero-order valence-corrected chi connectivity index (χ0v) is 37.4. The molecule has 0 amide bonds. The van der Waals surface area contributed by atoms with Crippen molar-refractivity contribution in [1.29, 1.82) is 0 Å². The van der Waals surface area contributed by atoms with E-state index in [4.69, 9.17) is 9.68 Å². The van der Waals surface area contributed by atoms with Gasteiger partial charge in [0.05, 0.1) is 11.3 Å². The number of benzene rings is 6. The van der Waals surface area contributed by atoms with Crippen LogP contribution in [-0.2, 0) is 16.2 Å². The Labute approximate surface area is 374 Å². The van der Waals surface area contributed by atoms with Crippen LogP contribution in [0, 0.1) is 6.92 Å². The van der Waals surface area contributed by atoms with Crippen LogP contribution in [0.25, 0.3) is 21.8 Å². The zero-order valence-electron chi connectivity index (χ0n) is 36.6. The standard InChI is InChI=1S/C27H26N2O2.C27H27NO3S/c1-6-29-25-13-11-20(19(5)28-31-17(2)3)15-23(25)24-16-21(12-14-26(24)29)27(30)22-10-8-7-9-18(22)4;1-2-3-4-11-16-25(28-31-27(30)22-12-7-5-8-13-22)26(29)21-17-19-24(20-18-21)32-23-14-9-6-10-15-23/h7-16H,2,6H2,1,3-5H3;5-10,12-15,17-20H,2-4,11,16H2,1H3/b28-19-;28-25-. The number of rotatable bonds is 17. The molecule has 0 atom stereocenters. The lowest BCUT2D eigenvalue weighted by Gasteiger charge is -2.07. The van der Waals surface area contributed by atoms with Gasteiger partial charge in [0.25, 0.3) is 0 Å². The minimum Gasteiger partial charge on any atom is -0.362 e. The third-order valence-electron chi connectivity index (χ3n) is 10.5. The van der Waals surface area contributed by atoms with Gasteiger partial charge in [-0.3, -0.25) is 9.59 Å². The van der Waals surface area contributed by atoms with E-state index in [1.807, 2.05) is 105 Å². The molecule has 9 heteroatoms. The van der Waals surface area contributed by atoms with Crippen molar-refractivity contribution >= 4 is 62.5 Å². The van der Waals surface area contributed by atoms with Gasteiger partial charge >= 0.3 is 5.97 Å². The first kappa shape index (κ1) is 45.7. The highest BCUT2D eigenvalue weighted by Gasteiger charge is 2.18. The van der Waals surface area contributed by atoms with Gasteiger partial charge in [0.2, 0.25) is 5.78 Å². The first-order valence-electron chi connectivity index (χ1n) is 21.3. The van der Waals surface area contributed by atoms with Crippen LogP contribution < -0.4 is 0 Å². The van der Waals surface area contributed by atoms with E-state index in [-0.39, 0.29) is 17.3 Å². The molecule has 63 heavy (non-hydrogen) atoms. The van der Waals surface area contributed by atoms with Crippen LogP contribution in [0.2, 0.25) is 0 Å². The number of unbranched alkanes of at least 4 members (excludes halogenated alkanes) is 3. The molecule has 0 saturated heterocycles. The first-order chi connectivity index (χ1) is 30.6. The van der Waals surface area contributed by atoms with Crippen molar-refractivity contribution < 1.29 is 24.1 Å². The van der Waals surface area contributed by atoms with E-state index < -0.39 is 5.97 Å². The third kappa shape index (κ3) is 12.0. The van der Waals surface area contributed by atoms with Crippen molar-refractivity contribution in [2.24, 2.45) is 10.3 Å². The van der Waals surface area contributed by atoms with Crippen LogP contribution in [0.4, 0.5) is 0 Å². The highest BCUT2D eigenvalue weighted by Crippen LogP contribution is 2.32. The molecule has 0 aliphatic rings. The van der Waals surface area contributed by atoms with Crippen LogP contribution in [0.15, 0.2) is 178 Å². The number of ketones is 2. The Morgan fingerprint density at radius 3 is 1.84 bits per heavy atom. The molecule has 0 bridgehead atoms. The average molecular weight is 856 g/mol. The number of Topliss-reactive ketones (excluding diaryl/α,β-unsaturated/α-hetero) is 1. The molecule has 7 aromatic rings. The Hall–Kier alpha value is -6.84. The Kier molecular flexibility index (Phi) is 16.2. The number of oxime groups is 2. The van der Waals surface area contributed by atoms with Crippen LogP contribution in [-0.4, -0.2) is 33.5 Å². The molecule has 320 valence electrons. The van der Waals surface area contributed by atoms with Crippen molar-refractivity contribution in [3.05, 3.63) is 191 Å². The summed E-state index contributed by atoms with van der Waals surface area (Å²) >= 11 is 1.64. The van der Waals surface area contributed by atoms with Gasteiger partial charge in [0.15, 0.2) is 5.78 Å². The summed E-state index contributed by atoms with van der Waals surface area (Å²) < 4.78 is 2.27. The Morgan fingerprint density at radius 2 is 1.21 bits per heavy atom. The second-order valence-electron chi connectivity index (χ2n) is 15.2. The van der Waals surface area contributed by atoms with Gasteiger partial charge in [-0.2, -0.15) is 0 Å². The molecule has 6 aromatic carbocycles. The maximum absolute atomic E-state index is 13.2. The highest BCUT2D eigenvalue weighted by molar-refractivity contribution is 7.99. The number of allylic oxidation sites excluding steroid dienone is 1. The minimum atomic E-state index is -0.570. The Bertz CT molecular complexity index is 2770. The van der Waals surface area contributed by atoms with E-state index in [1.165, 1.54) is 0 Å². The molecule has 1 heterocycles. The molecule has 0 aliphatic heterocycles. The van der Waals surface area contributed by atoms with Crippen LogP contribution in [0.3, 0.4) is 0 Å². The topological polar surface area (TPSA) is 99.3 Å². The number of hydrogen-bond donors (Lipinski definition) is 0. The van der Waals surface area contributed by atoms with Crippen LogP contribution >= 0.6 is 11.8 Å². The van der Waals surface area contributed by atoms with Crippen LogP contribution in [0.1, 0.15) is 108 Å². The lowest BCUT2D eigenvalue weighted by atomic mass is 9.97. The second-order valence-corrected chi connectivity index (χ2v) is 16.3. The fourth-order valence-electron chi connectivity index (χ4n) is 7.10. The molecule has 7 rings (SSSR count). The van der Waals surface area contributed by atoms with E-state index in [2.05, 4.69) is 53.5 Å². The molecule has 0 spiro atoms. The predicted octanol–water partition coefficient (Wildman–Crippen LogP) is 13.8. The van der Waals surface area contributed by atoms with Gasteiger partial charge in [-0.25, -0.2) is 4.79 Å². The van der Waals surface area contributed by atoms with Gasteiger partial charge < -0.3 is 14.2 Å². The summed E-state index contributed by atoms with van der Waals surface area (Å²) in [6.07, 6.45) is 4.49. The minimum absolute atomic E-state index is 0.0427. The maximum atomic E-state index is 13.2. The van der Waals surface area contributed by atoms with Crippen molar-refractivity contribution in [2.45, 2.75) is 83.1 Å². The number of nitrogens with zero attached hydrogens (tertiary/aromatic N) is 3. The van der Waals surface area contributed by atoms with E-state index in [9.17, 15) is 14.4 Å². The molecular weight excluding hydrogens is 803 g/mol. The van der Waals surface area contributed by atoms with Crippen LogP contribution in [0.5, 0.6) is 0 Å².